The Morgan fingerprint density at radius 2 is 2.00 bits per heavy atom. The first-order valence-electron chi connectivity index (χ1n) is 6.77. The Bertz CT molecular complexity index is 653. The predicted molar refractivity (Wildman–Crippen MR) is 84.5 cm³/mol. The van der Waals surface area contributed by atoms with Crippen LogP contribution < -0.4 is 5.56 Å². The van der Waals surface area contributed by atoms with Gasteiger partial charge in [-0.2, -0.15) is 4.98 Å². The summed E-state index contributed by atoms with van der Waals surface area (Å²) in [6, 6.07) is 7.11. The van der Waals surface area contributed by atoms with E-state index in [0.29, 0.717) is 31.0 Å². The minimum Gasteiger partial charge on any atom is -0.493 e. The van der Waals surface area contributed by atoms with Gasteiger partial charge in [0.15, 0.2) is 0 Å². The molecule has 2 aromatic rings. The fraction of sp³-hybridized carbons (Fsp3) is 0.333. The Labute approximate surface area is 131 Å². The van der Waals surface area contributed by atoms with Gasteiger partial charge in [0, 0.05) is 17.5 Å². The van der Waals surface area contributed by atoms with Gasteiger partial charge in [0.25, 0.3) is 5.56 Å². The zero-order valence-corrected chi connectivity index (χ0v) is 13.3. The van der Waals surface area contributed by atoms with Crippen LogP contribution in [0.4, 0.5) is 0 Å². The molecule has 1 heterocycles. The van der Waals surface area contributed by atoms with Crippen molar-refractivity contribution in [2.45, 2.75) is 19.8 Å². The molecule has 0 spiro atoms. The molecule has 1 aromatic carbocycles. The van der Waals surface area contributed by atoms with E-state index in [4.69, 9.17) is 4.74 Å². The van der Waals surface area contributed by atoms with Crippen LogP contribution in [0.2, 0.25) is 0 Å². The Hall–Kier alpha value is -1.66. The lowest BCUT2D eigenvalue weighted by atomic mass is 10.1. The minimum atomic E-state index is -0.352. The van der Waals surface area contributed by atoms with Gasteiger partial charge in [0.2, 0.25) is 5.88 Å². The second kappa shape index (κ2) is 7.38. The first-order valence-corrected chi connectivity index (χ1v) is 7.57. The third-order valence-electron chi connectivity index (χ3n) is 2.91. The summed E-state index contributed by atoms with van der Waals surface area (Å²) in [6.45, 7) is 3.17. The van der Waals surface area contributed by atoms with Crippen LogP contribution in [-0.4, -0.2) is 28.3 Å². The molecule has 0 atom stereocenters. The highest BCUT2D eigenvalue weighted by Gasteiger charge is 2.12. The number of hydrogen-bond acceptors (Lipinski definition) is 4. The standard InChI is InChI=1S/C15H17BrN2O3/c1-2-8-21-9-7-12-17-14(19)13(15(20)18-12)10-3-5-11(16)6-4-10/h3-6H,2,7-9H2,1H3,(H2,17,18,19,20). The number of nitrogens with zero attached hydrogens (tertiary/aromatic N) is 1. The minimum absolute atomic E-state index is 0.181. The van der Waals surface area contributed by atoms with E-state index in [9.17, 15) is 9.90 Å². The maximum Gasteiger partial charge on any atom is 0.262 e. The number of aromatic nitrogens is 2. The van der Waals surface area contributed by atoms with E-state index in [0.717, 1.165) is 10.9 Å². The van der Waals surface area contributed by atoms with Crippen LogP contribution in [0.3, 0.4) is 0 Å². The second-order valence-electron chi connectivity index (χ2n) is 4.58. The zero-order chi connectivity index (χ0) is 15.2. The van der Waals surface area contributed by atoms with E-state index in [1.807, 2.05) is 6.92 Å². The molecule has 0 amide bonds. The number of halogens is 1. The monoisotopic (exact) mass is 352 g/mol. The molecule has 21 heavy (non-hydrogen) atoms. The highest BCUT2D eigenvalue weighted by Crippen LogP contribution is 2.24. The number of hydrogen-bond donors (Lipinski definition) is 2. The van der Waals surface area contributed by atoms with Gasteiger partial charge in [-0.3, -0.25) is 4.79 Å². The summed E-state index contributed by atoms with van der Waals surface area (Å²) in [5, 5.41) is 10.0. The Morgan fingerprint density at radius 3 is 2.62 bits per heavy atom. The number of aromatic hydroxyl groups is 1. The number of benzene rings is 1. The maximum atomic E-state index is 12.1. The van der Waals surface area contributed by atoms with Gasteiger partial charge in [-0.15, -0.1) is 0 Å². The third-order valence-corrected chi connectivity index (χ3v) is 3.44. The molecule has 6 heteroatoms. The molecule has 0 fully saturated rings. The van der Waals surface area contributed by atoms with Crippen molar-refractivity contribution in [2.24, 2.45) is 0 Å². The smallest absolute Gasteiger partial charge is 0.262 e. The lowest BCUT2D eigenvalue weighted by Gasteiger charge is -2.07. The summed E-state index contributed by atoms with van der Waals surface area (Å²) in [5.41, 5.74) is 0.453. The highest BCUT2D eigenvalue weighted by atomic mass is 79.9. The highest BCUT2D eigenvalue weighted by molar-refractivity contribution is 9.10. The average molecular weight is 353 g/mol. The normalized spacial score (nSPS) is 10.8. The molecule has 2 N–H and O–H groups in total. The van der Waals surface area contributed by atoms with Crippen LogP contribution in [0.25, 0.3) is 11.1 Å². The number of H-pyrrole nitrogens is 1. The van der Waals surface area contributed by atoms with E-state index < -0.39 is 0 Å². The van der Waals surface area contributed by atoms with Crippen LogP contribution in [0.15, 0.2) is 33.5 Å². The summed E-state index contributed by atoms with van der Waals surface area (Å²) >= 11 is 3.33. The van der Waals surface area contributed by atoms with Crippen molar-refractivity contribution in [3.05, 3.63) is 44.9 Å². The van der Waals surface area contributed by atoms with Crippen LogP contribution in [0.1, 0.15) is 19.2 Å². The molecule has 0 saturated heterocycles. The van der Waals surface area contributed by atoms with Crippen molar-refractivity contribution in [3.63, 3.8) is 0 Å². The molecular weight excluding hydrogens is 336 g/mol. The molecule has 0 aliphatic carbocycles. The van der Waals surface area contributed by atoms with Crippen molar-refractivity contribution >= 4 is 15.9 Å². The van der Waals surface area contributed by atoms with Gasteiger partial charge in [0.05, 0.1) is 6.61 Å². The fourth-order valence-electron chi connectivity index (χ4n) is 1.92. The average Bonchev–Trinajstić information content (AvgIpc) is 2.45. The van der Waals surface area contributed by atoms with E-state index >= 15 is 0 Å². The molecule has 0 unspecified atom stereocenters. The molecule has 2 rings (SSSR count). The summed E-state index contributed by atoms with van der Waals surface area (Å²) in [4.78, 5) is 18.9. The molecule has 0 bridgehead atoms. The Morgan fingerprint density at radius 1 is 1.29 bits per heavy atom. The SMILES string of the molecule is CCCOCCc1nc(O)c(-c2ccc(Br)cc2)c(=O)[nH]1. The van der Waals surface area contributed by atoms with Crippen molar-refractivity contribution < 1.29 is 9.84 Å². The quantitative estimate of drug-likeness (QED) is 0.783. The molecular formula is C15H17BrN2O3. The number of rotatable bonds is 6. The zero-order valence-electron chi connectivity index (χ0n) is 11.7. The van der Waals surface area contributed by atoms with E-state index in [1.54, 1.807) is 24.3 Å². The van der Waals surface area contributed by atoms with E-state index in [1.165, 1.54) is 0 Å². The van der Waals surface area contributed by atoms with Crippen molar-refractivity contribution in [1.29, 1.82) is 0 Å². The Kier molecular flexibility index (Phi) is 5.52. The summed E-state index contributed by atoms with van der Waals surface area (Å²) < 4.78 is 6.25. The lowest BCUT2D eigenvalue weighted by molar-refractivity contribution is 0.136. The first kappa shape index (κ1) is 15.7. The molecule has 0 saturated carbocycles. The number of aromatic amines is 1. The molecule has 0 radical (unpaired) electrons. The van der Waals surface area contributed by atoms with Crippen molar-refractivity contribution in [2.75, 3.05) is 13.2 Å². The molecule has 1 aromatic heterocycles. The second-order valence-corrected chi connectivity index (χ2v) is 5.50. The van der Waals surface area contributed by atoms with Gasteiger partial charge in [0.1, 0.15) is 11.4 Å². The van der Waals surface area contributed by atoms with Gasteiger partial charge in [-0.25, -0.2) is 0 Å². The largest absolute Gasteiger partial charge is 0.493 e. The van der Waals surface area contributed by atoms with Crippen molar-refractivity contribution in [1.82, 2.24) is 9.97 Å². The van der Waals surface area contributed by atoms with Gasteiger partial charge in [-0.05, 0) is 24.1 Å². The molecule has 112 valence electrons. The summed E-state index contributed by atoms with van der Waals surface area (Å²) in [5.74, 6) is 0.168. The number of nitrogens with one attached hydrogen (secondary N) is 1. The van der Waals surface area contributed by atoms with Crippen LogP contribution in [0.5, 0.6) is 5.88 Å². The Balaban J connectivity index is 2.21. The molecule has 5 nitrogen and oxygen atoms in total. The topological polar surface area (TPSA) is 75.2 Å². The maximum absolute atomic E-state index is 12.1. The summed E-state index contributed by atoms with van der Waals surface area (Å²) in [6.07, 6.45) is 1.40. The van der Waals surface area contributed by atoms with Gasteiger partial charge in [-0.1, -0.05) is 35.0 Å². The van der Waals surface area contributed by atoms with Crippen LogP contribution in [0, 0.1) is 0 Å². The van der Waals surface area contributed by atoms with Gasteiger partial charge >= 0.3 is 0 Å². The molecule has 0 aliphatic heterocycles. The van der Waals surface area contributed by atoms with Crippen molar-refractivity contribution in [3.8, 4) is 17.0 Å². The number of ether oxygens (including phenoxy) is 1. The van der Waals surface area contributed by atoms with Crippen LogP contribution >= 0.6 is 15.9 Å². The molecule has 0 aliphatic rings. The van der Waals surface area contributed by atoms with E-state index in [2.05, 4.69) is 25.9 Å². The summed E-state index contributed by atoms with van der Waals surface area (Å²) in [7, 11) is 0. The first-order chi connectivity index (χ1) is 10.1. The van der Waals surface area contributed by atoms with Gasteiger partial charge < -0.3 is 14.8 Å². The predicted octanol–water partition coefficient (Wildman–Crippen LogP) is 2.87. The van der Waals surface area contributed by atoms with E-state index in [-0.39, 0.29) is 17.0 Å². The third kappa shape index (κ3) is 4.15. The lowest BCUT2D eigenvalue weighted by Crippen LogP contribution is -2.15. The van der Waals surface area contributed by atoms with Crippen LogP contribution in [-0.2, 0) is 11.2 Å². The fourth-order valence-corrected chi connectivity index (χ4v) is 2.18.